The lowest BCUT2D eigenvalue weighted by Crippen LogP contribution is -2.24. The fourth-order valence-electron chi connectivity index (χ4n) is 1.64. The summed E-state index contributed by atoms with van der Waals surface area (Å²) < 4.78 is 0. The molecule has 0 atom stereocenters. The van der Waals surface area contributed by atoms with Crippen LogP contribution in [0.5, 0.6) is 0 Å². The van der Waals surface area contributed by atoms with Gasteiger partial charge in [0.1, 0.15) is 5.69 Å². The van der Waals surface area contributed by atoms with Gasteiger partial charge in [0.25, 0.3) is 5.91 Å². The lowest BCUT2D eigenvalue weighted by atomic mass is 10.2. The fraction of sp³-hybridized carbons (Fsp3) is 0.250. The number of hydrogen-bond acceptors (Lipinski definition) is 2. The molecular weight excluding hydrogens is 202 g/mol. The zero-order valence-electron chi connectivity index (χ0n) is 9.21. The molecule has 0 aliphatic heterocycles. The van der Waals surface area contributed by atoms with Crippen molar-refractivity contribution in [1.82, 2.24) is 10.3 Å². The van der Waals surface area contributed by atoms with Crippen LogP contribution in [-0.2, 0) is 0 Å². The number of nitrogens with two attached hydrogens (primary N) is 1. The van der Waals surface area contributed by atoms with Gasteiger partial charge < -0.3 is 16.0 Å². The van der Waals surface area contributed by atoms with Crippen LogP contribution in [0.4, 0.5) is 5.69 Å². The third kappa shape index (κ3) is 1.86. The Bertz CT molecular complexity index is 516. The van der Waals surface area contributed by atoms with E-state index in [0.29, 0.717) is 17.9 Å². The first-order valence-electron chi connectivity index (χ1n) is 5.37. The smallest absolute Gasteiger partial charge is 0.267 e. The van der Waals surface area contributed by atoms with Gasteiger partial charge >= 0.3 is 0 Å². The minimum atomic E-state index is -0.0857. The van der Waals surface area contributed by atoms with E-state index in [-0.39, 0.29) is 5.91 Å². The number of nitrogens with one attached hydrogen (secondary N) is 2. The highest BCUT2D eigenvalue weighted by Crippen LogP contribution is 2.20. The summed E-state index contributed by atoms with van der Waals surface area (Å²) >= 11 is 0. The van der Waals surface area contributed by atoms with E-state index < -0.39 is 0 Å². The van der Waals surface area contributed by atoms with E-state index in [1.807, 2.05) is 31.2 Å². The zero-order valence-corrected chi connectivity index (χ0v) is 9.21. The molecule has 2 aromatic rings. The van der Waals surface area contributed by atoms with Crippen LogP contribution in [0, 0.1) is 0 Å². The molecule has 0 bridgehead atoms. The number of H-pyrrole nitrogens is 1. The van der Waals surface area contributed by atoms with Crippen molar-refractivity contribution in [3.63, 3.8) is 0 Å². The number of aromatic amines is 1. The molecule has 4 N–H and O–H groups in total. The van der Waals surface area contributed by atoms with Crippen LogP contribution >= 0.6 is 0 Å². The number of fused-ring (bicyclic) bond motifs is 1. The molecule has 0 fully saturated rings. The zero-order chi connectivity index (χ0) is 11.5. The Balaban J connectivity index is 2.32. The Hall–Kier alpha value is -1.97. The predicted molar refractivity (Wildman–Crippen MR) is 65.3 cm³/mol. The number of hydrogen-bond donors (Lipinski definition) is 3. The van der Waals surface area contributed by atoms with Crippen LogP contribution in [0.2, 0.25) is 0 Å². The van der Waals surface area contributed by atoms with Gasteiger partial charge in [0.05, 0.1) is 11.2 Å². The van der Waals surface area contributed by atoms with Crippen LogP contribution < -0.4 is 11.1 Å². The molecule has 1 amide bonds. The first-order chi connectivity index (χ1) is 7.72. The van der Waals surface area contributed by atoms with E-state index in [4.69, 9.17) is 5.73 Å². The highest BCUT2D eigenvalue weighted by Gasteiger charge is 2.09. The molecule has 0 saturated carbocycles. The van der Waals surface area contributed by atoms with Crippen LogP contribution in [0.15, 0.2) is 24.3 Å². The van der Waals surface area contributed by atoms with Crippen LogP contribution in [0.25, 0.3) is 10.9 Å². The molecular formula is C12H15N3O. The van der Waals surface area contributed by atoms with Gasteiger partial charge in [-0.1, -0.05) is 19.1 Å². The summed E-state index contributed by atoms with van der Waals surface area (Å²) in [7, 11) is 0. The third-order valence-electron chi connectivity index (χ3n) is 2.47. The standard InChI is InChI=1S/C12H15N3O/c1-2-6-14-12(16)10-7-8-4-3-5-9(13)11(8)15-10/h3-5,7,15H,2,6,13H2,1H3,(H,14,16). The normalized spacial score (nSPS) is 10.6. The summed E-state index contributed by atoms with van der Waals surface area (Å²) in [4.78, 5) is 14.7. The molecule has 0 spiro atoms. The number of carbonyl (C=O) groups is 1. The molecule has 1 aromatic carbocycles. The summed E-state index contributed by atoms with van der Waals surface area (Å²) in [6, 6.07) is 7.43. The van der Waals surface area contributed by atoms with Gasteiger partial charge in [0.15, 0.2) is 0 Å². The highest BCUT2D eigenvalue weighted by molar-refractivity contribution is 6.00. The van der Waals surface area contributed by atoms with Crippen molar-refractivity contribution in [3.05, 3.63) is 30.0 Å². The molecule has 0 unspecified atom stereocenters. The van der Waals surface area contributed by atoms with E-state index in [1.54, 1.807) is 0 Å². The summed E-state index contributed by atoms with van der Waals surface area (Å²) in [5.74, 6) is -0.0857. The highest BCUT2D eigenvalue weighted by atomic mass is 16.1. The predicted octanol–water partition coefficient (Wildman–Crippen LogP) is 1.89. The van der Waals surface area contributed by atoms with Crippen molar-refractivity contribution in [2.24, 2.45) is 0 Å². The average molecular weight is 217 g/mol. The van der Waals surface area contributed by atoms with Crippen molar-refractivity contribution in [2.45, 2.75) is 13.3 Å². The number of rotatable bonds is 3. The molecule has 1 aromatic heterocycles. The molecule has 2 rings (SSSR count). The maximum atomic E-state index is 11.7. The Labute approximate surface area is 93.8 Å². The number of benzene rings is 1. The minimum absolute atomic E-state index is 0.0857. The molecule has 0 radical (unpaired) electrons. The van der Waals surface area contributed by atoms with Gasteiger partial charge in [-0.2, -0.15) is 0 Å². The van der Waals surface area contributed by atoms with Crippen LogP contribution in [0.1, 0.15) is 23.8 Å². The van der Waals surface area contributed by atoms with Crippen molar-refractivity contribution in [3.8, 4) is 0 Å². The van der Waals surface area contributed by atoms with Crippen LogP contribution in [0.3, 0.4) is 0 Å². The quantitative estimate of drug-likeness (QED) is 0.687. The molecule has 4 heteroatoms. The van der Waals surface area contributed by atoms with Crippen molar-refractivity contribution in [2.75, 3.05) is 12.3 Å². The number of anilines is 1. The Morgan fingerprint density at radius 3 is 3.00 bits per heavy atom. The third-order valence-corrected chi connectivity index (χ3v) is 2.47. The second kappa shape index (κ2) is 4.26. The first-order valence-corrected chi connectivity index (χ1v) is 5.37. The fourth-order valence-corrected chi connectivity index (χ4v) is 1.64. The second-order valence-electron chi connectivity index (χ2n) is 3.75. The lowest BCUT2D eigenvalue weighted by molar-refractivity contribution is 0.0949. The molecule has 0 aliphatic rings. The van der Waals surface area contributed by atoms with Gasteiger partial charge in [-0.25, -0.2) is 0 Å². The second-order valence-corrected chi connectivity index (χ2v) is 3.75. The SMILES string of the molecule is CCCNC(=O)c1cc2cccc(N)c2[nH]1. The van der Waals surface area contributed by atoms with E-state index in [1.165, 1.54) is 0 Å². The van der Waals surface area contributed by atoms with Gasteiger partial charge in [-0.3, -0.25) is 4.79 Å². The van der Waals surface area contributed by atoms with Gasteiger partial charge in [0, 0.05) is 11.9 Å². The number of nitrogen functional groups attached to an aromatic ring is 1. The first kappa shape index (κ1) is 10.5. The number of para-hydroxylation sites is 1. The number of amides is 1. The van der Waals surface area contributed by atoms with E-state index in [9.17, 15) is 4.79 Å². The molecule has 1 heterocycles. The van der Waals surface area contributed by atoms with Crippen molar-refractivity contribution >= 4 is 22.5 Å². The summed E-state index contributed by atoms with van der Waals surface area (Å²) in [6.45, 7) is 2.70. The van der Waals surface area contributed by atoms with E-state index in [2.05, 4.69) is 10.3 Å². The Morgan fingerprint density at radius 1 is 1.50 bits per heavy atom. The van der Waals surface area contributed by atoms with E-state index >= 15 is 0 Å². The lowest BCUT2D eigenvalue weighted by Gasteiger charge is -1.99. The molecule has 0 saturated heterocycles. The Morgan fingerprint density at radius 2 is 2.31 bits per heavy atom. The topological polar surface area (TPSA) is 70.9 Å². The summed E-state index contributed by atoms with van der Waals surface area (Å²) in [5, 5.41) is 3.78. The monoisotopic (exact) mass is 217 g/mol. The van der Waals surface area contributed by atoms with Gasteiger partial charge in [-0.05, 0) is 18.6 Å². The van der Waals surface area contributed by atoms with Gasteiger partial charge in [0.2, 0.25) is 0 Å². The van der Waals surface area contributed by atoms with Crippen LogP contribution in [-0.4, -0.2) is 17.4 Å². The number of carbonyl (C=O) groups excluding carboxylic acids is 1. The molecule has 16 heavy (non-hydrogen) atoms. The molecule has 0 aliphatic carbocycles. The van der Waals surface area contributed by atoms with Gasteiger partial charge in [-0.15, -0.1) is 0 Å². The minimum Gasteiger partial charge on any atom is -0.397 e. The maximum Gasteiger partial charge on any atom is 0.267 e. The summed E-state index contributed by atoms with van der Waals surface area (Å²) in [6.07, 6.45) is 0.925. The largest absolute Gasteiger partial charge is 0.397 e. The molecule has 4 nitrogen and oxygen atoms in total. The number of aromatic nitrogens is 1. The van der Waals surface area contributed by atoms with Crippen molar-refractivity contribution in [1.29, 1.82) is 0 Å². The molecule has 84 valence electrons. The average Bonchev–Trinajstić information content (AvgIpc) is 2.71. The Kier molecular flexibility index (Phi) is 2.81. The van der Waals surface area contributed by atoms with E-state index in [0.717, 1.165) is 17.3 Å². The summed E-state index contributed by atoms with van der Waals surface area (Å²) in [5.41, 5.74) is 7.85. The van der Waals surface area contributed by atoms with Crippen molar-refractivity contribution < 1.29 is 4.79 Å². The maximum absolute atomic E-state index is 11.7.